The van der Waals surface area contributed by atoms with Gasteiger partial charge in [-0.25, -0.2) is 14.0 Å². The fourth-order valence-electron chi connectivity index (χ4n) is 1.90. The van der Waals surface area contributed by atoms with E-state index in [0.29, 0.717) is 6.42 Å². The standard InChI is InChI=1S/C14H21FN2O4/c1-7(2)6-9(16)12(18)20-13(19)10-8(3)11(21-17-10)14(4,5)15/h7,9H,6,16H2,1-5H3/t9-/m0/s1. The molecule has 0 saturated heterocycles. The van der Waals surface area contributed by atoms with E-state index in [0.717, 1.165) is 0 Å². The third-order valence-corrected chi connectivity index (χ3v) is 2.88. The number of esters is 2. The fraction of sp³-hybridized carbons (Fsp3) is 0.643. The van der Waals surface area contributed by atoms with E-state index in [9.17, 15) is 14.0 Å². The van der Waals surface area contributed by atoms with Crippen molar-refractivity contribution in [3.8, 4) is 0 Å². The minimum Gasteiger partial charge on any atom is -0.387 e. The molecular formula is C14H21FN2O4. The molecule has 0 fully saturated rings. The molecule has 0 saturated carbocycles. The van der Waals surface area contributed by atoms with Gasteiger partial charge in [0.1, 0.15) is 6.04 Å². The van der Waals surface area contributed by atoms with Crippen molar-refractivity contribution in [2.45, 2.75) is 52.8 Å². The molecule has 1 atom stereocenters. The van der Waals surface area contributed by atoms with Crippen LogP contribution in [0.25, 0.3) is 0 Å². The maximum atomic E-state index is 13.8. The lowest BCUT2D eigenvalue weighted by Gasteiger charge is -2.12. The van der Waals surface area contributed by atoms with Gasteiger partial charge in [-0.2, -0.15) is 0 Å². The van der Waals surface area contributed by atoms with E-state index in [1.807, 2.05) is 13.8 Å². The summed E-state index contributed by atoms with van der Waals surface area (Å²) in [7, 11) is 0. The van der Waals surface area contributed by atoms with Gasteiger partial charge in [0.05, 0.1) is 0 Å². The van der Waals surface area contributed by atoms with Crippen LogP contribution in [0.1, 0.15) is 55.9 Å². The zero-order valence-corrected chi connectivity index (χ0v) is 12.9. The van der Waals surface area contributed by atoms with Crippen molar-refractivity contribution in [3.05, 3.63) is 17.0 Å². The van der Waals surface area contributed by atoms with Gasteiger partial charge in [-0.3, -0.25) is 0 Å². The highest BCUT2D eigenvalue weighted by molar-refractivity contribution is 5.97. The Morgan fingerprint density at radius 1 is 1.43 bits per heavy atom. The van der Waals surface area contributed by atoms with Crippen molar-refractivity contribution in [3.63, 3.8) is 0 Å². The van der Waals surface area contributed by atoms with Gasteiger partial charge in [-0.15, -0.1) is 0 Å². The van der Waals surface area contributed by atoms with Crippen molar-refractivity contribution in [1.82, 2.24) is 5.16 Å². The first kappa shape index (κ1) is 17.3. The van der Waals surface area contributed by atoms with Crippen LogP contribution in [0.2, 0.25) is 0 Å². The fourth-order valence-corrected chi connectivity index (χ4v) is 1.90. The zero-order valence-electron chi connectivity index (χ0n) is 12.9. The number of nitrogens with zero attached hydrogens (tertiary/aromatic N) is 1. The Kier molecular flexibility index (Phi) is 5.22. The first-order valence-corrected chi connectivity index (χ1v) is 6.71. The second kappa shape index (κ2) is 6.34. The molecule has 7 heteroatoms. The smallest absolute Gasteiger partial charge is 0.368 e. The second-order valence-electron chi connectivity index (χ2n) is 5.90. The predicted octanol–water partition coefficient (Wildman–Crippen LogP) is 2.24. The average molecular weight is 300 g/mol. The Hall–Kier alpha value is -1.76. The number of ether oxygens (including phenoxy) is 1. The molecule has 1 aromatic heterocycles. The summed E-state index contributed by atoms with van der Waals surface area (Å²) in [5.74, 6) is -1.71. The highest BCUT2D eigenvalue weighted by atomic mass is 19.1. The number of rotatable bonds is 5. The Labute approximate surface area is 122 Å². The normalized spacial score (nSPS) is 13.3. The zero-order chi connectivity index (χ0) is 16.4. The van der Waals surface area contributed by atoms with E-state index in [1.165, 1.54) is 20.8 Å². The Morgan fingerprint density at radius 3 is 2.43 bits per heavy atom. The van der Waals surface area contributed by atoms with E-state index < -0.39 is 23.6 Å². The molecule has 118 valence electrons. The molecule has 0 aromatic carbocycles. The summed E-state index contributed by atoms with van der Waals surface area (Å²) in [6.45, 7) is 7.82. The van der Waals surface area contributed by atoms with E-state index in [4.69, 9.17) is 10.3 Å². The number of nitrogens with two attached hydrogens (primary N) is 1. The van der Waals surface area contributed by atoms with Crippen LogP contribution in [0.4, 0.5) is 4.39 Å². The Balaban J connectivity index is 2.82. The molecule has 1 aromatic rings. The lowest BCUT2D eigenvalue weighted by molar-refractivity contribution is -0.139. The Bertz CT molecular complexity index is 532. The van der Waals surface area contributed by atoms with E-state index in [2.05, 4.69) is 9.89 Å². The summed E-state index contributed by atoms with van der Waals surface area (Å²) in [4.78, 5) is 23.5. The van der Waals surface area contributed by atoms with Gasteiger partial charge in [0.15, 0.2) is 17.1 Å². The number of hydrogen-bond acceptors (Lipinski definition) is 6. The minimum atomic E-state index is -1.78. The maximum absolute atomic E-state index is 13.8. The largest absolute Gasteiger partial charge is 0.387 e. The molecule has 0 aliphatic rings. The molecule has 21 heavy (non-hydrogen) atoms. The van der Waals surface area contributed by atoms with Gasteiger partial charge in [0.2, 0.25) is 0 Å². The second-order valence-corrected chi connectivity index (χ2v) is 5.90. The molecule has 0 radical (unpaired) electrons. The summed E-state index contributed by atoms with van der Waals surface area (Å²) in [5, 5.41) is 3.47. The first-order valence-electron chi connectivity index (χ1n) is 6.71. The van der Waals surface area contributed by atoms with E-state index in [1.54, 1.807) is 0 Å². The van der Waals surface area contributed by atoms with Gasteiger partial charge in [0.25, 0.3) is 0 Å². The lowest BCUT2D eigenvalue weighted by Crippen LogP contribution is -2.35. The monoisotopic (exact) mass is 300 g/mol. The third kappa shape index (κ3) is 4.35. The number of alkyl halides is 1. The molecule has 2 N–H and O–H groups in total. The van der Waals surface area contributed by atoms with Crippen molar-refractivity contribution in [1.29, 1.82) is 0 Å². The van der Waals surface area contributed by atoms with Crippen LogP contribution in [0.5, 0.6) is 0 Å². The summed E-state index contributed by atoms with van der Waals surface area (Å²) in [6.07, 6.45) is 0.396. The molecule has 0 aliphatic heterocycles. The predicted molar refractivity (Wildman–Crippen MR) is 73.2 cm³/mol. The average Bonchev–Trinajstić information content (AvgIpc) is 2.69. The number of carbonyl (C=O) groups is 2. The summed E-state index contributed by atoms with van der Waals surface area (Å²) in [5.41, 5.74) is 3.83. The SMILES string of the molecule is Cc1c(C(=O)OC(=O)[C@@H](N)CC(C)C)noc1C(C)(C)F. The van der Waals surface area contributed by atoms with E-state index >= 15 is 0 Å². The van der Waals surface area contributed by atoms with Crippen LogP contribution in [0, 0.1) is 12.8 Å². The minimum absolute atomic E-state index is 0.0756. The van der Waals surface area contributed by atoms with Crippen molar-refractivity contribution >= 4 is 11.9 Å². The maximum Gasteiger partial charge on any atom is 0.368 e. The van der Waals surface area contributed by atoms with Gasteiger partial charge < -0.3 is 15.0 Å². The Morgan fingerprint density at radius 2 is 2.00 bits per heavy atom. The van der Waals surface area contributed by atoms with E-state index in [-0.39, 0.29) is 22.9 Å². The van der Waals surface area contributed by atoms with Gasteiger partial charge in [-0.1, -0.05) is 19.0 Å². The molecular weight excluding hydrogens is 279 g/mol. The summed E-state index contributed by atoms with van der Waals surface area (Å²) < 4.78 is 23.3. The molecule has 0 spiro atoms. The van der Waals surface area contributed by atoms with Crippen LogP contribution in [0.15, 0.2) is 4.52 Å². The highest BCUT2D eigenvalue weighted by Crippen LogP contribution is 2.29. The van der Waals surface area contributed by atoms with Gasteiger partial charge in [0, 0.05) is 5.56 Å². The quantitative estimate of drug-likeness (QED) is 0.662. The number of carbonyl (C=O) groups excluding carboxylic acids is 2. The molecule has 0 bridgehead atoms. The van der Waals surface area contributed by atoms with Crippen molar-refractivity contribution in [2.75, 3.05) is 0 Å². The van der Waals surface area contributed by atoms with Crippen LogP contribution in [0.3, 0.4) is 0 Å². The van der Waals surface area contributed by atoms with Gasteiger partial charge >= 0.3 is 11.9 Å². The molecule has 0 amide bonds. The van der Waals surface area contributed by atoms with Crippen LogP contribution in [-0.4, -0.2) is 23.1 Å². The number of halogens is 1. The third-order valence-electron chi connectivity index (χ3n) is 2.88. The van der Waals surface area contributed by atoms with Crippen molar-refractivity contribution < 1.29 is 23.2 Å². The molecule has 6 nitrogen and oxygen atoms in total. The van der Waals surface area contributed by atoms with Crippen LogP contribution in [-0.2, 0) is 15.2 Å². The van der Waals surface area contributed by atoms with Gasteiger partial charge in [-0.05, 0) is 33.1 Å². The number of hydrogen-bond donors (Lipinski definition) is 1. The summed E-state index contributed by atoms with van der Waals surface area (Å²) >= 11 is 0. The molecule has 1 rings (SSSR count). The lowest BCUT2D eigenvalue weighted by atomic mass is 10.0. The topological polar surface area (TPSA) is 95.4 Å². The summed E-state index contributed by atoms with van der Waals surface area (Å²) in [6, 6.07) is -0.891. The molecule has 0 unspecified atom stereocenters. The highest BCUT2D eigenvalue weighted by Gasteiger charge is 2.32. The number of aromatic nitrogens is 1. The first-order chi connectivity index (χ1) is 9.54. The van der Waals surface area contributed by atoms with Crippen molar-refractivity contribution in [2.24, 2.45) is 11.7 Å². The van der Waals surface area contributed by atoms with Crippen LogP contribution >= 0.6 is 0 Å². The molecule has 0 aliphatic carbocycles. The molecule has 1 heterocycles. The van der Waals surface area contributed by atoms with Crippen LogP contribution < -0.4 is 5.73 Å².